The van der Waals surface area contributed by atoms with E-state index in [4.69, 9.17) is 10.2 Å². The quantitative estimate of drug-likeness (QED) is 0.784. The van der Waals surface area contributed by atoms with E-state index in [1.807, 2.05) is 12.1 Å². The van der Waals surface area contributed by atoms with Crippen LogP contribution in [0.3, 0.4) is 0 Å². The van der Waals surface area contributed by atoms with E-state index in [0.29, 0.717) is 0 Å². The molecule has 126 valence electrons. The molecule has 0 amide bonds. The zero-order chi connectivity index (χ0) is 17.5. The number of carbonyl (C=O) groups is 2. The molecule has 24 heavy (non-hydrogen) atoms. The summed E-state index contributed by atoms with van der Waals surface area (Å²) in [4.78, 5) is 19.6. The van der Waals surface area contributed by atoms with E-state index < -0.39 is 11.9 Å². The second-order valence-corrected chi connectivity index (χ2v) is 5.55. The van der Waals surface area contributed by atoms with Crippen molar-refractivity contribution in [2.75, 3.05) is 6.61 Å². The Kier molecular flexibility index (Phi) is 6.09. The second kappa shape index (κ2) is 8.26. The first-order chi connectivity index (χ1) is 11.5. The third-order valence-corrected chi connectivity index (χ3v) is 3.93. The number of aliphatic hydroxyl groups is 1. The highest BCUT2D eigenvalue weighted by molar-refractivity contribution is 5.78. The van der Waals surface area contributed by atoms with E-state index in [0.717, 1.165) is 0 Å². The van der Waals surface area contributed by atoms with Gasteiger partial charge < -0.3 is 15.3 Å². The van der Waals surface area contributed by atoms with E-state index in [1.54, 1.807) is 0 Å². The molecule has 5 heteroatoms. The van der Waals surface area contributed by atoms with Crippen molar-refractivity contribution in [2.24, 2.45) is 0 Å². The van der Waals surface area contributed by atoms with Crippen molar-refractivity contribution in [3.63, 3.8) is 0 Å². The first kappa shape index (κ1) is 17.7. The van der Waals surface area contributed by atoms with Crippen LogP contribution >= 0.6 is 0 Å². The molecule has 3 N–H and O–H groups in total. The molecular formula is C19H20O5. The Labute approximate surface area is 140 Å². The van der Waals surface area contributed by atoms with Crippen molar-refractivity contribution in [3.05, 3.63) is 59.7 Å². The van der Waals surface area contributed by atoms with Gasteiger partial charge in [0.25, 0.3) is 0 Å². The number of rotatable bonds is 5. The molecule has 0 radical (unpaired) electrons. The van der Waals surface area contributed by atoms with E-state index in [1.165, 1.54) is 22.3 Å². The molecule has 2 aromatic carbocycles. The monoisotopic (exact) mass is 328 g/mol. The first-order valence-corrected chi connectivity index (χ1v) is 7.77. The highest BCUT2D eigenvalue weighted by Gasteiger charge is 2.26. The number of carboxylic acids is 2. The first-order valence-electron chi connectivity index (χ1n) is 7.77. The van der Waals surface area contributed by atoms with Gasteiger partial charge in [0.15, 0.2) is 0 Å². The Morgan fingerprint density at radius 2 is 1.21 bits per heavy atom. The van der Waals surface area contributed by atoms with Crippen molar-refractivity contribution < 1.29 is 24.9 Å². The van der Waals surface area contributed by atoms with Crippen LogP contribution in [0.25, 0.3) is 11.1 Å². The van der Waals surface area contributed by atoms with Gasteiger partial charge in [-0.05, 0) is 28.7 Å². The summed E-state index contributed by atoms with van der Waals surface area (Å²) in [5, 5.41) is 25.5. The number of benzene rings is 2. The van der Waals surface area contributed by atoms with Crippen LogP contribution in [0.4, 0.5) is 0 Å². The third-order valence-electron chi connectivity index (χ3n) is 3.93. The van der Waals surface area contributed by atoms with Crippen LogP contribution < -0.4 is 0 Å². The van der Waals surface area contributed by atoms with Crippen molar-refractivity contribution in [1.29, 1.82) is 0 Å². The van der Waals surface area contributed by atoms with Gasteiger partial charge in [0, 0.05) is 18.8 Å². The van der Waals surface area contributed by atoms with Crippen molar-refractivity contribution in [3.8, 4) is 11.1 Å². The number of aliphatic hydroxyl groups excluding tert-OH is 1. The van der Waals surface area contributed by atoms with Crippen LogP contribution in [0, 0.1) is 0 Å². The minimum atomic E-state index is -0.948. The molecule has 2 aromatic rings. The molecule has 0 saturated heterocycles. The lowest BCUT2D eigenvalue weighted by atomic mass is 9.98. The molecule has 0 spiro atoms. The Balaban J connectivity index is 0.000000202. The van der Waals surface area contributed by atoms with Crippen molar-refractivity contribution >= 4 is 11.9 Å². The minimum Gasteiger partial charge on any atom is -0.481 e. The second-order valence-electron chi connectivity index (χ2n) is 5.55. The smallest absolute Gasteiger partial charge is 0.303 e. The number of fused-ring (bicyclic) bond motifs is 3. The summed E-state index contributed by atoms with van der Waals surface area (Å²) < 4.78 is 0. The fourth-order valence-electron chi connectivity index (χ4n) is 2.85. The standard InChI is InChI=1S/C14H12O.C5H8O4/c15-9-14-12-7-3-1-5-10(12)11-6-2-4-8-13(11)14;6-4(7)2-1-3-5(8)9/h1-8,14-15H,9H2;1-3H2,(H,6,7)(H,8,9). The van der Waals surface area contributed by atoms with Gasteiger partial charge in [-0.2, -0.15) is 0 Å². The van der Waals surface area contributed by atoms with E-state index >= 15 is 0 Å². The molecule has 3 rings (SSSR count). The molecule has 0 fully saturated rings. The fourth-order valence-corrected chi connectivity index (χ4v) is 2.85. The topological polar surface area (TPSA) is 94.8 Å². The third kappa shape index (κ3) is 4.20. The molecule has 0 saturated carbocycles. The largest absolute Gasteiger partial charge is 0.481 e. The van der Waals surface area contributed by atoms with Crippen LogP contribution in [0.5, 0.6) is 0 Å². The Hall–Kier alpha value is -2.66. The zero-order valence-corrected chi connectivity index (χ0v) is 13.2. The summed E-state index contributed by atoms with van der Waals surface area (Å²) in [5.41, 5.74) is 5.04. The summed E-state index contributed by atoms with van der Waals surface area (Å²) in [7, 11) is 0. The Morgan fingerprint density at radius 3 is 1.58 bits per heavy atom. The SMILES string of the molecule is O=C(O)CCCC(=O)O.OCC1c2ccccc2-c2ccccc21. The number of carboxylic acid groups (broad SMARTS) is 2. The zero-order valence-electron chi connectivity index (χ0n) is 13.2. The molecule has 1 aliphatic rings. The summed E-state index contributed by atoms with van der Waals surface area (Å²) in [6.07, 6.45) is 0.0866. The maximum Gasteiger partial charge on any atom is 0.303 e. The fraction of sp³-hybridized carbons (Fsp3) is 0.263. The van der Waals surface area contributed by atoms with Gasteiger partial charge >= 0.3 is 11.9 Å². The summed E-state index contributed by atoms with van der Waals surface area (Å²) in [6, 6.07) is 16.6. The number of aliphatic carboxylic acids is 2. The lowest BCUT2D eigenvalue weighted by Gasteiger charge is -2.08. The highest BCUT2D eigenvalue weighted by Crippen LogP contribution is 2.43. The van der Waals surface area contributed by atoms with E-state index in [-0.39, 0.29) is 31.8 Å². The van der Waals surface area contributed by atoms with E-state index in [9.17, 15) is 14.7 Å². The maximum absolute atomic E-state index is 9.79. The molecule has 0 bridgehead atoms. The molecule has 0 unspecified atom stereocenters. The van der Waals surface area contributed by atoms with E-state index in [2.05, 4.69) is 36.4 Å². The van der Waals surface area contributed by atoms with Crippen LogP contribution in [0.1, 0.15) is 36.3 Å². The molecule has 5 nitrogen and oxygen atoms in total. The van der Waals surface area contributed by atoms with Gasteiger partial charge in [-0.3, -0.25) is 9.59 Å². The van der Waals surface area contributed by atoms with Crippen molar-refractivity contribution in [2.45, 2.75) is 25.2 Å². The number of hydrogen-bond acceptors (Lipinski definition) is 3. The molecule has 0 aliphatic heterocycles. The molecular weight excluding hydrogens is 308 g/mol. The Morgan fingerprint density at radius 1 is 0.792 bits per heavy atom. The molecule has 0 atom stereocenters. The van der Waals surface area contributed by atoms with Gasteiger partial charge in [0.05, 0.1) is 6.61 Å². The normalized spacial score (nSPS) is 11.9. The average Bonchev–Trinajstić information content (AvgIpc) is 2.88. The average molecular weight is 328 g/mol. The van der Waals surface area contributed by atoms with Crippen molar-refractivity contribution in [1.82, 2.24) is 0 Å². The van der Waals surface area contributed by atoms with Gasteiger partial charge in [-0.1, -0.05) is 48.5 Å². The van der Waals surface area contributed by atoms with Gasteiger partial charge in [-0.25, -0.2) is 0 Å². The predicted molar refractivity (Wildman–Crippen MR) is 89.9 cm³/mol. The Bertz CT molecular complexity index is 664. The van der Waals surface area contributed by atoms with Crippen LogP contribution in [-0.4, -0.2) is 33.9 Å². The minimum absolute atomic E-state index is 0.0632. The van der Waals surface area contributed by atoms with Crippen LogP contribution in [0.15, 0.2) is 48.5 Å². The lowest BCUT2D eigenvalue weighted by molar-refractivity contribution is -0.138. The van der Waals surface area contributed by atoms with Gasteiger partial charge in [-0.15, -0.1) is 0 Å². The summed E-state index contributed by atoms with van der Waals surface area (Å²) in [5.74, 6) is -1.73. The van der Waals surface area contributed by atoms with Gasteiger partial charge in [0.2, 0.25) is 0 Å². The highest BCUT2D eigenvalue weighted by atomic mass is 16.4. The molecule has 0 aromatic heterocycles. The molecule has 1 aliphatic carbocycles. The summed E-state index contributed by atoms with van der Waals surface area (Å²) >= 11 is 0. The number of hydrogen-bond donors (Lipinski definition) is 3. The summed E-state index contributed by atoms with van der Waals surface area (Å²) in [6.45, 7) is 0.189. The maximum atomic E-state index is 9.79. The van der Waals surface area contributed by atoms with Crippen LogP contribution in [-0.2, 0) is 9.59 Å². The lowest BCUT2D eigenvalue weighted by Crippen LogP contribution is -2.01. The predicted octanol–water partition coefficient (Wildman–Crippen LogP) is 3.12. The van der Waals surface area contributed by atoms with Crippen LogP contribution in [0.2, 0.25) is 0 Å². The van der Waals surface area contributed by atoms with Gasteiger partial charge in [0.1, 0.15) is 0 Å². The molecule has 0 heterocycles.